The van der Waals surface area contributed by atoms with Crippen LogP contribution in [0.15, 0.2) is 40.7 Å². The Labute approximate surface area is 134 Å². The topological polar surface area (TPSA) is 63.1 Å². The van der Waals surface area contributed by atoms with Crippen molar-refractivity contribution >= 4 is 23.8 Å². The van der Waals surface area contributed by atoms with Crippen molar-refractivity contribution in [1.82, 2.24) is 15.0 Å². The predicted octanol–water partition coefficient (Wildman–Crippen LogP) is 3.06. The number of nitrogens with one attached hydrogen (secondary N) is 1. The molecular formula is C14H10F3N5S. The van der Waals surface area contributed by atoms with Gasteiger partial charge in [0, 0.05) is 12.3 Å². The summed E-state index contributed by atoms with van der Waals surface area (Å²) in [5, 5.41) is 3.74. The van der Waals surface area contributed by atoms with Crippen LogP contribution in [0, 0.1) is 12.3 Å². The summed E-state index contributed by atoms with van der Waals surface area (Å²) in [6.07, 6.45) is 3.44. The summed E-state index contributed by atoms with van der Waals surface area (Å²) < 4.78 is 38.5. The average Bonchev–Trinajstić information content (AvgIpc) is 2.53. The third-order valence-electron chi connectivity index (χ3n) is 2.34. The van der Waals surface area contributed by atoms with Crippen LogP contribution in [0.5, 0.6) is 0 Å². The van der Waals surface area contributed by atoms with Gasteiger partial charge in [-0.2, -0.15) is 18.3 Å². The molecule has 1 N–H and O–H groups in total. The Hall–Kier alpha value is -2.60. The van der Waals surface area contributed by atoms with Crippen LogP contribution in [0.25, 0.3) is 0 Å². The second-order valence-corrected chi connectivity index (χ2v) is 4.98. The molecule has 2 aromatic rings. The molecule has 0 atom stereocenters. The monoisotopic (exact) mass is 337 g/mol. The molecule has 0 unspecified atom stereocenters. The van der Waals surface area contributed by atoms with Crippen molar-refractivity contribution in [3.05, 3.63) is 41.9 Å². The van der Waals surface area contributed by atoms with Crippen LogP contribution in [0.1, 0.15) is 11.4 Å². The van der Waals surface area contributed by atoms with Gasteiger partial charge in [-0.1, -0.05) is 23.7 Å². The molecule has 0 spiro atoms. The lowest BCUT2D eigenvalue weighted by molar-refractivity contribution is -0.141. The minimum absolute atomic E-state index is 0.0756. The van der Waals surface area contributed by atoms with Gasteiger partial charge in [0.05, 0.1) is 17.7 Å². The Morgan fingerprint density at radius 2 is 2.17 bits per heavy atom. The number of hydrazone groups is 1. The number of aromatic nitrogens is 3. The lowest BCUT2D eigenvalue weighted by Gasteiger charge is -2.09. The lowest BCUT2D eigenvalue weighted by Crippen LogP contribution is -2.10. The van der Waals surface area contributed by atoms with E-state index < -0.39 is 11.9 Å². The van der Waals surface area contributed by atoms with Crippen molar-refractivity contribution in [3.8, 4) is 12.3 Å². The summed E-state index contributed by atoms with van der Waals surface area (Å²) in [5.41, 5.74) is 1.92. The molecule has 0 aliphatic rings. The molecule has 9 heteroatoms. The molecule has 0 amide bonds. The van der Waals surface area contributed by atoms with Gasteiger partial charge in [0.1, 0.15) is 0 Å². The van der Waals surface area contributed by atoms with E-state index in [2.05, 4.69) is 31.4 Å². The number of hydrogen-bond acceptors (Lipinski definition) is 6. The molecule has 0 bridgehead atoms. The van der Waals surface area contributed by atoms with Crippen LogP contribution < -0.4 is 5.43 Å². The minimum atomic E-state index is -4.59. The molecule has 0 fully saturated rings. The summed E-state index contributed by atoms with van der Waals surface area (Å²) in [4.78, 5) is 11.4. The van der Waals surface area contributed by atoms with Crippen LogP contribution >= 0.6 is 11.8 Å². The Balaban J connectivity index is 2.19. The van der Waals surface area contributed by atoms with E-state index >= 15 is 0 Å². The highest BCUT2D eigenvalue weighted by atomic mass is 32.2. The zero-order chi connectivity index (χ0) is 16.7. The lowest BCUT2D eigenvalue weighted by atomic mass is 10.4. The number of thioether (sulfide) groups is 1. The van der Waals surface area contributed by atoms with E-state index in [0.717, 1.165) is 17.8 Å². The second-order valence-electron chi connectivity index (χ2n) is 4.04. The van der Waals surface area contributed by atoms with Crippen LogP contribution in [-0.4, -0.2) is 26.9 Å². The Kier molecular flexibility index (Phi) is 5.54. The van der Waals surface area contributed by atoms with Gasteiger partial charge in [-0.05, 0) is 12.1 Å². The van der Waals surface area contributed by atoms with Crippen molar-refractivity contribution in [3.63, 3.8) is 0 Å². The molecule has 2 aromatic heterocycles. The van der Waals surface area contributed by atoms with E-state index in [0.29, 0.717) is 5.69 Å². The highest BCUT2D eigenvalue weighted by Gasteiger charge is 2.33. The number of terminal acetylenes is 1. The van der Waals surface area contributed by atoms with Crippen LogP contribution in [0.4, 0.5) is 19.0 Å². The molecule has 2 heterocycles. The Bertz CT molecular complexity index is 725. The van der Waals surface area contributed by atoms with Crippen molar-refractivity contribution in [2.45, 2.75) is 11.3 Å². The highest BCUT2D eigenvalue weighted by Crippen LogP contribution is 2.30. The van der Waals surface area contributed by atoms with E-state index in [1.54, 1.807) is 24.4 Å². The number of alkyl halides is 3. The molecule has 0 saturated carbocycles. The predicted molar refractivity (Wildman–Crippen MR) is 82.0 cm³/mol. The molecule has 2 rings (SSSR count). The van der Waals surface area contributed by atoms with Gasteiger partial charge in [0.15, 0.2) is 16.7 Å². The van der Waals surface area contributed by atoms with Crippen molar-refractivity contribution in [1.29, 1.82) is 0 Å². The van der Waals surface area contributed by atoms with E-state index in [4.69, 9.17) is 6.42 Å². The van der Waals surface area contributed by atoms with Crippen molar-refractivity contribution in [2.75, 3.05) is 11.2 Å². The van der Waals surface area contributed by atoms with Gasteiger partial charge in [-0.15, -0.1) is 6.42 Å². The number of hydrogen-bond donors (Lipinski definition) is 1. The first-order chi connectivity index (χ1) is 11.0. The highest BCUT2D eigenvalue weighted by molar-refractivity contribution is 7.99. The summed E-state index contributed by atoms with van der Waals surface area (Å²) in [6.45, 7) is 0. The normalized spacial score (nSPS) is 11.4. The SMILES string of the molecule is C#CCSc1nc(NN=Cc2ccccn2)cc(C(F)(F)F)n1. The second kappa shape index (κ2) is 7.60. The smallest absolute Gasteiger partial charge is 0.261 e. The van der Waals surface area contributed by atoms with Gasteiger partial charge < -0.3 is 0 Å². The fraction of sp³-hybridized carbons (Fsp3) is 0.143. The summed E-state index contributed by atoms with van der Waals surface area (Å²) in [7, 11) is 0. The number of anilines is 1. The molecule has 0 radical (unpaired) electrons. The Morgan fingerprint density at radius 3 is 2.83 bits per heavy atom. The molecule has 0 aromatic carbocycles. The number of nitrogens with zero attached hydrogens (tertiary/aromatic N) is 4. The maximum atomic E-state index is 12.8. The summed E-state index contributed by atoms with van der Waals surface area (Å²) in [5.74, 6) is 2.38. The standard InChI is InChI=1S/C14H10F3N5S/c1-2-7-23-13-20-11(14(15,16)17)8-12(21-13)22-19-9-10-5-3-4-6-18-10/h1,3-6,8-9H,7H2,(H,20,21,22). The van der Waals surface area contributed by atoms with Gasteiger partial charge in [0.2, 0.25) is 0 Å². The first-order valence-corrected chi connectivity index (χ1v) is 7.20. The molecule has 118 valence electrons. The largest absolute Gasteiger partial charge is 0.433 e. The van der Waals surface area contributed by atoms with Gasteiger partial charge >= 0.3 is 6.18 Å². The van der Waals surface area contributed by atoms with E-state index in [-0.39, 0.29) is 16.7 Å². The van der Waals surface area contributed by atoms with Gasteiger partial charge in [-0.25, -0.2) is 9.97 Å². The molecule has 0 saturated heterocycles. The van der Waals surface area contributed by atoms with Gasteiger partial charge in [-0.3, -0.25) is 10.4 Å². The van der Waals surface area contributed by atoms with Crippen molar-refractivity contribution < 1.29 is 13.2 Å². The van der Waals surface area contributed by atoms with Crippen LogP contribution in [-0.2, 0) is 6.18 Å². The minimum Gasteiger partial charge on any atom is -0.261 e. The Morgan fingerprint density at radius 1 is 1.35 bits per heavy atom. The number of pyridine rings is 1. The van der Waals surface area contributed by atoms with E-state index in [1.807, 2.05) is 0 Å². The maximum Gasteiger partial charge on any atom is 0.433 e. The van der Waals surface area contributed by atoms with E-state index in [9.17, 15) is 13.2 Å². The fourth-order valence-corrected chi connectivity index (χ4v) is 1.95. The molecule has 23 heavy (non-hydrogen) atoms. The summed E-state index contributed by atoms with van der Waals surface area (Å²) in [6, 6.07) is 5.96. The summed E-state index contributed by atoms with van der Waals surface area (Å²) >= 11 is 0.932. The molecule has 0 aliphatic heterocycles. The average molecular weight is 337 g/mol. The molecular weight excluding hydrogens is 327 g/mol. The zero-order valence-corrected chi connectivity index (χ0v) is 12.4. The number of rotatable bonds is 5. The molecule has 0 aliphatic carbocycles. The first-order valence-electron chi connectivity index (χ1n) is 6.21. The first kappa shape index (κ1) is 16.8. The van der Waals surface area contributed by atoms with Crippen molar-refractivity contribution in [2.24, 2.45) is 5.10 Å². The number of halogens is 3. The maximum absolute atomic E-state index is 12.8. The van der Waals surface area contributed by atoms with E-state index in [1.165, 1.54) is 6.21 Å². The van der Waals surface area contributed by atoms with Crippen LogP contribution in [0.2, 0.25) is 0 Å². The fourth-order valence-electron chi connectivity index (χ4n) is 1.42. The molecule has 5 nitrogen and oxygen atoms in total. The quantitative estimate of drug-likeness (QED) is 0.299. The third-order valence-corrected chi connectivity index (χ3v) is 3.10. The zero-order valence-electron chi connectivity index (χ0n) is 11.6. The van der Waals surface area contributed by atoms with Gasteiger partial charge in [0.25, 0.3) is 0 Å². The van der Waals surface area contributed by atoms with Crippen LogP contribution in [0.3, 0.4) is 0 Å². The third kappa shape index (κ3) is 5.27.